The molecule has 0 fully saturated rings. The molecule has 112 valence electrons. The van der Waals surface area contributed by atoms with E-state index < -0.39 is 0 Å². The predicted molar refractivity (Wildman–Crippen MR) is 84.5 cm³/mol. The van der Waals surface area contributed by atoms with Gasteiger partial charge in [-0.1, -0.05) is 12.1 Å². The third-order valence-electron chi connectivity index (χ3n) is 3.31. The second-order valence-electron chi connectivity index (χ2n) is 4.51. The first-order chi connectivity index (χ1) is 10.1. The first kappa shape index (κ1) is 15.8. The number of halogens is 2. The van der Waals surface area contributed by atoms with Gasteiger partial charge < -0.3 is 14.8 Å². The summed E-state index contributed by atoms with van der Waals surface area (Å²) in [4.78, 5) is 0. The number of methoxy groups -OCH3 is 2. The van der Waals surface area contributed by atoms with Crippen molar-refractivity contribution in [3.05, 3.63) is 57.8 Å². The van der Waals surface area contributed by atoms with E-state index in [4.69, 9.17) is 9.47 Å². The lowest BCUT2D eigenvalue weighted by atomic mass is 9.98. The van der Waals surface area contributed by atoms with E-state index in [2.05, 4.69) is 21.2 Å². The summed E-state index contributed by atoms with van der Waals surface area (Å²) in [6.07, 6.45) is 0. The highest BCUT2D eigenvalue weighted by atomic mass is 79.9. The topological polar surface area (TPSA) is 30.5 Å². The molecule has 0 amide bonds. The van der Waals surface area contributed by atoms with Crippen molar-refractivity contribution in [2.45, 2.75) is 6.04 Å². The first-order valence-corrected chi connectivity index (χ1v) is 7.24. The summed E-state index contributed by atoms with van der Waals surface area (Å²) in [5.41, 5.74) is 1.81. The Morgan fingerprint density at radius 3 is 2.19 bits per heavy atom. The van der Waals surface area contributed by atoms with Gasteiger partial charge in [-0.25, -0.2) is 4.39 Å². The third kappa shape index (κ3) is 3.36. The minimum Gasteiger partial charge on any atom is -0.493 e. The van der Waals surface area contributed by atoms with Crippen molar-refractivity contribution in [1.29, 1.82) is 0 Å². The molecule has 0 heterocycles. The Kier molecular flexibility index (Phi) is 5.20. The molecule has 5 heteroatoms. The largest absolute Gasteiger partial charge is 0.493 e. The summed E-state index contributed by atoms with van der Waals surface area (Å²) in [5, 5.41) is 3.19. The van der Waals surface area contributed by atoms with Crippen LogP contribution in [0.2, 0.25) is 0 Å². The van der Waals surface area contributed by atoms with Gasteiger partial charge in [0.05, 0.1) is 24.7 Å². The normalized spacial score (nSPS) is 12.0. The Morgan fingerprint density at radius 2 is 1.62 bits per heavy atom. The highest BCUT2D eigenvalue weighted by molar-refractivity contribution is 9.10. The maximum absolute atomic E-state index is 13.7. The molecular weight excluding hydrogens is 337 g/mol. The number of nitrogens with one attached hydrogen (secondary N) is 1. The van der Waals surface area contributed by atoms with Gasteiger partial charge in [0.1, 0.15) is 5.82 Å². The number of rotatable bonds is 5. The molecule has 2 aromatic rings. The van der Waals surface area contributed by atoms with E-state index in [0.717, 1.165) is 11.1 Å². The van der Waals surface area contributed by atoms with Crippen LogP contribution >= 0.6 is 15.9 Å². The van der Waals surface area contributed by atoms with Crippen LogP contribution in [0.5, 0.6) is 11.5 Å². The van der Waals surface area contributed by atoms with Crippen LogP contribution in [0.25, 0.3) is 0 Å². The average Bonchev–Trinajstić information content (AvgIpc) is 2.51. The number of hydrogen-bond acceptors (Lipinski definition) is 3. The van der Waals surface area contributed by atoms with Gasteiger partial charge in [-0.15, -0.1) is 0 Å². The molecule has 0 saturated carbocycles. The number of hydrogen-bond donors (Lipinski definition) is 1. The molecule has 0 bridgehead atoms. The molecule has 0 aliphatic heterocycles. The summed E-state index contributed by atoms with van der Waals surface area (Å²) in [7, 11) is 5.02. The molecule has 1 N–H and O–H groups in total. The minimum atomic E-state index is -0.284. The van der Waals surface area contributed by atoms with Gasteiger partial charge in [0.25, 0.3) is 0 Å². The second-order valence-corrected chi connectivity index (χ2v) is 5.36. The molecule has 0 aliphatic rings. The smallest absolute Gasteiger partial charge is 0.161 e. The van der Waals surface area contributed by atoms with Crippen LogP contribution in [0.3, 0.4) is 0 Å². The summed E-state index contributed by atoms with van der Waals surface area (Å²) in [6, 6.07) is 10.6. The summed E-state index contributed by atoms with van der Waals surface area (Å²) >= 11 is 3.17. The Bertz CT molecular complexity index is 634. The molecule has 21 heavy (non-hydrogen) atoms. The number of ether oxygens (including phenoxy) is 2. The van der Waals surface area contributed by atoms with Crippen LogP contribution in [0.1, 0.15) is 17.2 Å². The molecule has 2 aromatic carbocycles. The van der Waals surface area contributed by atoms with E-state index >= 15 is 0 Å². The van der Waals surface area contributed by atoms with Crippen molar-refractivity contribution in [3.8, 4) is 11.5 Å². The predicted octanol–water partition coefficient (Wildman–Crippen LogP) is 3.91. The van der Waals surface area contributed by atoms with Gasteiger partial charge in [-0.05, 0) is 58.4 Å². The zero-order chi connectivity index (χ0) is 15.4. The fourth-order valence-corrected chi connectivity index (χ4v) is 2.50. The van der Waals surface area contributed by atoms with Crippen LogP contribution in [-0.4, -0.2) is 21.3 Å². The lowest BCUT2D eigenvalue weighted by molar-refractivity contribution is 0.354. The SMILES string of the molecule is CNC(c1ccc(Br)c(F)c1)c1ccc(OC)c(OC)c1. The quantitative estimate of drug-likeness (QED) is 0.883. The van der Waals surface area contributed by atoms with Crippen molar-refractivity contribution >= 4 is 15.9 Å². The van der Waals surface area contributed by atoms with Crippen LogP contribution < -0.4 is 14.8 Å². The Hall–Kier alpha value is -1.59. The van der Waals surface area contributed by atoms with Crippen molar-refractivity contribution in [1.82, 2.24) is 5.32 Å². The fraction of sp³-hybridized carbons (Fsp3) is 0.250. The van der Waals surface area contributed by atoms with Crippen molar-refractivity contribution in [2.24, 2.45) is 0 Å². The van der Waals surface area contributed by atoms with E-state index in [-0.39, 0.29) is 11.9 Å². The molecule has 0 spiro atoms. The fourth-order valence-electron chi connectivity index (χ4n) is 2.25. The third-order valence-corrected chi connectivity index (χ3v) is 3.95. The van der Waals surface area contributed by atoms with Gasteiger partial charge in [-0.2, -0.15) is 0 Å². The standard InChI is InChI=1S/C16H17BrFNO2/c1-19-16(10-4-6-12(17)13(18)8-10)11-5-7-14(20-2)15(9-11)21-3/h4-9,16,19H,1-3H3. The molecule has 0 aromatic heterocycles. The maximum Gasteiger partial charge on any atom is 0.161 e. The molecule has 1 atom stereocenters. The molecule has 0 saturated heterocycles. The van der Waals surface area contributed by atoms with E-state index in [1.165, 1.54) is 6.07 Å². The van der Waals surface area contributed by atoms with E-state index in [9.17, 15) is 4.39 Å². The molecule has 3 nitrogen and oxygen atoms in total. The molecule has 0 aliphatic carbocycles. The highest BCUT2D eigenvalue weighted by Crippen LogP contribution is 2.32. The molecule has 1 unspecified atom stereocenters. The second kappa shape index (κ2) is 6.91. The minimum absolute atomic E-state index is 0.132. The van der Waals surface area contributed by atoms with Gasteiger partial charge >= 0.3 is 0 Å². The average molecular weight is 354 g/mol. The maximum atomic E-state index is 13.7. The van der Waals surface area contributed by atoms with Crippen LogP contribution in [-0.2, 0) is 0 Å². The molecular formula is C16H17BrFNO2. The summed E-state index contributed by atoms with van der Waals surface area (Å²) in [5.74, 6) is 1.03. The lowest BCUT2D eigenvalue weighted by Crippen LogP contribution is -2.18. The molecule has 0 radical (unpaired) electrons. The first-order valence-electron chi connectivity index (χ1n) is 6.44. The zero-order valence-electron chi connectivity index (χ0n) is 12.1. The van der Waals surface area contributed by atoms with Gasteiger partial charge in [0.15, 0.2) is 11.5 Å². The van der Waals surface area contributed by atoms with Crippen LogP contribution in [0.15, 0.2) is 40.9 Å². The lowest BCUT2D eigenvalue weighted by Gasteiger charge is -2.19. The molecule has 2 rings (SSSR count). The highest BCUT2D eigenvalue weighted by Gasteiger charge is 2.16. The van der Waals surface area contributed by atoms with Crippen LogP contribution in [0.4, 0.5) is 4.39 Å². The Morgan fingerprint density at radius 1 is 1.00 bits per heavy atom. The Balaban J connectivity index is 2.43. The van der Waals surface area contributed by atoms with Gasteiger partial charge in [0.2, 0.25) is 0 Å². The van der Waals surface area contributed by atoms with Gasteiger partial charge in [-0.3, -0.25) is 0 Å². The van der Waals surface area contributed by atoms with E-state index in [1.807, 2.05) is 31.3 Å². The zero-order valence-corrected chi connectivity index (χ0v) is 13.7. The number of benzene rings is 2. The van der Waals surface area contributed by atoms with E-state index in [0.29, 0.717) is 16.0 Å². The van der Waals surface area contributed by atoms with Gasteiger partial charge in [0, 0.05) is 0 Å². The van der Waals surface area contributed by atoms with Crippen LogP contribution in [0, 0.1) is 5.82 Å². The van der Waals surface area contributed by atoms with Crippen molar-refractivity contribution in [2.75, 3.05) is 21.3 Å². The van der Waals surface area contributed by atoms with Crippen molar-refractivity contribution in [3.63, 3.8) is 0 Å². The summed E-state index contributed by atoms with van der Waals surface area (Å²) in [6.45, 7) is 0. The van der Waals surface area contributed by atoms with Crippen molar-refractivity contribution < 1.29 is 13.9 Å². The Labute approximate surface area is 132 Å². The summed E-state index contributed by atoms with van der Waals surface area (Å²) < 4.78 is 24.7. The monoisotopic (exact) mass is 353 g/mol. The van der Waals surface area contributed by atoms with E-state index in [1.54, 1.807) is 20.3 Å².